The molecule has 0 aliphatic heterocycles. The van der Waals surface area contributed by atoms with Crippen molar-refractivity contribution in [3.8, 4) is 0 Å². The van der Waals surface area contributed by atoms with Crippen LogP contribution in [0.2, 0.25) is 0 Å². The van der Waals surface area contributed by atoms with Crippen molar-refractivity contribution >= 4 is 22.2 Å². The summed E-state index contributed by atoms with van der Waals surface area (Å²) < 4.78 is 24.5. The van der Waals surface area contributed by atoms with Crippen LogP contribution in [0.4, 0.5) is 0 Å². The second-order valence-electron chi connectivity index (χ2n) is 4.13. The molecule has 0 N–H and O–H groups in total. The van der Waals surface area contributed by atoms with Crippen LogP contribution in [0.15, 0.2) is 58.3 Å². The molecule has 2 aromatic rings. The summed E-state index contributed by atoms with van der Waals surface area (Å²) in [6.07, 6.45) is 0. The number of rotatable bonds is 2. The molecule has 0 heterocycles. The molecule has 0 saturated heterocycles. The minimum absolute atomic E-state index is 0. The molecule has 0 saturated carbocycles. The fourth-order valence-electron chi connectivity index (χ4n) is 1.57. The Labute approximate surface area is 114 Å². The first kappa shape index (κ1) is 14.7. The van der Waals surface area contributed by atoms with E-state index in [1.807, 2.05) is 13.8 Å². The molecule has 0 aliphatic rings. The Bertz CT molecular complexity index is 562. The third-order valence-corrected chi connectivity index (χ3v) is 4.45. The van der Waals surface area contributed by atoms with Crippen LogP contribution >= 0.6 is 12.4 Å². The van der Waals surface area contributed by atoms with Crippen molar-refractivity contribution in [1.82, 2.24) is 0 Å². The van der Waals surface area contributed by atoms with Gasteiger partial charge in [-0.25, -0.2) is 8.42 Å². The van der Waals surface area contributed by atoms with E-state index in [1.165, 1.54) is 0 Å². The van der Waals surface area contributed by atoms with Gasteiger partial charge in [-0.15, -0.1) is 12.4 Å². The lowest BCUT2D eigenvalue weighted by Crippen LogP contribution is -2.01. The van der Waals surface area contributed by atoms with Crippen LogP contribution in [0.3, 0.4) is 0 Å². The van der Waals surface area contributed by atoms with E-state index in [0.717, 1.165) is 11.1 Å². The highest BCUT2D eigenvalue weighted by Crippen LogP contribution is 2.21. The predicted octanol–water partition coefficient (Wildman–Crippen LogP) is 3.56. The van der Waals surface area contributed by atoms with Gasteiger partial charge in [-0.2, -0.15) is 0 Å². The number of hydrogen-bond donors (Lipinski definition) is 0. The molecule has 0 fully saturated rings. The van der Waals surface area contributed by atoms with Crippen LogP contribution in [0.1, 0.15) is 11.1 Å². The molecule has 0 spiro atoms. The molecule has 0 amide bonds. The number of halogens is 1. The summed E-state index contributed by atoms with van der Waals surface area (Å²) >= 11 is 0. The van der Waals surface area contributed by atoms with Crippen molar-refractivity contribution in [3.05, 3.63) is 59.7 Å². The Hall–Kier alpha value is -1.32. The monoisotopic (exact) mass is 282 g/mol. The number of hydrogen-bond acceptors (Lipinski definition) is 2. The van der Waals surface area contributed by atoms with Crippen molar-refractivity contribution in [2.75, 3.05) is 0 Å². The Morgan fingerprint density at radius 1 is 0.667 bits per heavy atom. The van der Waals surface area contributed by atoms with Gasteiger partial charge in [-0.1, -0.05) is 35.4 Å². The van der Waals surface area contributed by atoms with Gasteiger partial charge in [0.15, 0.2) is 0 Å². The van der Waals surface area contributed by atoms with Crippen LogP contribution < -0.4 is 0 Å². The van der Waals surface area contributed by atoms with Crippen LogP contribution in [-0.4, -0.2) is 8.42 Å². The SMILES string of the molecule is Cc1ccc(S(=O)(=O)c2ccc(C)cc2)cc1.Cl. The van der Waals surface area contributed by atoms with E-state index in [2.05, 4.69) is 0 Å². The molecule has 0 aromatic heterocycles. The van der Waals surface area contributed by atoms with Crippen LogP contribution in [0.5, 0.6) is 0 Å². The normalized spacial score (nSPS) is 10.8. The maximum absolute atomic E-state index is 12.3. The average Bonchev–Trinajstić information content (AvgIpc) is 2.30. The van der Waals surface area contributed by atoms with Crippen molar-refractivity contribution in [1.29, 1.82) is 0 Å². The number of benzene rings is 2. The fourth-order valence-corrected chi connectivity index (χ4v) is 2.83. The van der Waals surface area contributed by atoms with E-state index in [-0.39, 0.29) is 12.4 Å². The van der Waals surface area contributed by atoms with E-state index in [9.17, 15) is 8.42 Å². The van der Waals surface area contributed by atoms with Crippen LogP contribution in [0.25, 0.3) is 0 Å². The number of aryl methyl sites for hydroxylation is 2. The highest BCUT2D eigenvalue weighted by atomic mass is 35.5. The Morgan fingerprint density at radius 3 is 1.22 bits per heavy atom. The van der Waals surface area contributed by atoms with Gasteiger partial charge in [0.2, 0.25) is 9.84 Å². The molecule has 0 bridgehead atoms. The van der Waals surface area contributed by atoms with Crippen molar-refractivity contribution in [2.45, 2.75) is 23.6 Å². The van der Waals surface area contributed by atoms with Crippen LogP contribution in [0, 0.1) is 13.8 Å². The van der Waals surface area contributed by atoms with Gasteiger partial charge in [0.05, 0.1) is 9.79 Å². The molecule has 0 radical (unpaired) electrons. The van der Waals surface area contributed by atoms with Crippen molar-refractivity contribution < 1.29 is 8.42 Å². The smallest absolute Gasteiger partial charge is 0.206 e. The summed E-state index contributed by atoms with van der Waals surface area (Å²) in [4.78, 5) is 0.680. The van der Waals surface area contributed by atoms with Gasteiger partial charge in [-0.05, 0) is 38.1 Å². The highest BCUT2D eigenvalue weighted by molar-refractivity contribution is 7.91. The largest absolute Gasteiger partial charge is 0.219 e. The molecule has 2 nitrogen and oxygen atoms in total. The molecular formula is C14H15ClO2S. The molecule has 96 valence electrons. The Balaban J connectivity index is 0.00000162. The van der Waals surface area contributed by atoms with E-state index in [0.29, 0.717) is 9.79 Å². The zero-order valence-corrected chi connectivity index (χ0v) is 11.9. The van der Waals surface area contributed by atoms with Gasteiger partial charge in [0.25, 0.3) is 0 Å². The Kier molecular flexibility index (Phi) is 4.54. The first-order chi connectivity index (χ1) is 8.00. The van der Waals surface area contributed by atoms with Crippen molar-refractivity contribution in [3.63, 3.8) is 0 Å². The third-order valence-electron chi connectivity index (χ3n) is 2.66. The van der Waals surface area contributed by atoms with E-state index < -0.39 is 9.84 Å². The molecule has 2 rings (SSSR count). The van der Waals surface area contributed by atoms with Gasteiger partial charge >= 0.3 is 0 Å². The summed E-state index contributed by atoms with van der Waals surface area (Å²) in [6, 6.07) is 13.8. The minimum Gasteiger partial charge on any atom is -0.219 e. The van der Waals surface area contributed by atoms with Gasteiger partial charge < -0.3 is 0 Å². The second kappa shape index (κ2) is 5.55. The lowest BCUT2D eigenvalue weighted by molar-refractivity contribution is 0.596. The summed E-state index contributed by atoms with van der Waals surface area (Å²) in [5.41, 5.74) is 2.10. The Morgan fingerprint density at radius 2 is 0.944 bits per heavy atom. The molecule has 4 heteroatoms. The van der Waals surface area contributed by atoms with E-state index in [4.69, 9.17) is 0 Å². The van der Waals surface area contributed by atoms with Crippen LogP contribution in [-0.2, 0) is 9.84 Å². The fraction of sp³-hybridized carbons (Fsp3) is 0.143. The zero-order chi connectivity index (χ0) is 12.5. The molecule has 2 aromatic carbocycles. The van der Waals surface area contributed by atoms with Gasteiger partial charge in [0, 0.05) is 0 Å². The summed E-state index contributed by atoms with van der Waals surface area (Å²) in [5, 5.41) is 0. The molecule has 0 unspecified atom stereocenters. The first-order valence-electron chi connectivity index (χ1n) is 5.38. The quantitative estimate of drug-likeness (QED) is 0.844. The third kappa shape index (κ3) is 2.92. The van der Waals surface area contributed by atoms with Gasteiger partial charge in [-0.3, -0.25) is 0 Å². The predicted molar refractivity (Wildman–Crippen MR) is 75.1 cm³/mol. The van der Waals surface area contributed by atoms with E-state index in [1.54, 1.807) is 48.5 Å². The second-order valence-corrected chi connectivity index (χ2v) is 6.08. The summed E-state index contributed by atoms with van der Waals surface area (Å²) in [7, 11) is -3.37. The van der Waals surface area contributed by atoms with Gasteiger partial charge in [0.1, 0.15) is 0 Å². The zero-order valence-electron chi connectivity index (χ0n) is 10.3. The summed E-state index contributed by atoms with van der Waals surface area (Å²) in [5.74, 6) is 0. The molecule has 18 heavy (non-hydrogen) atoms. The highest BCUT2D eigenvalue weighted by Gasteiger charge is 2.16. The van der Waals surface area contributed by atoms with Crippen molar-refractivity contribution in [2.24, 2.45) is 0 Å². The lowest BCUT2D eigenvalue weighted by atomic mass is 10.2. The van der Waals surface area contributed by atoms with E-state index >= 15 is 0 Å². The lowest BCUT2D eigenvalue weighted by Gasteiger charge is -2.05. The maximum Gasteiger partial charge on any atom is 0.206 e. The maximum atomic E-state index is 12.3. The molecule has 0 aliphatic carbocycles. The molecular weight excluding hydrogens is 268 g/mol. The first-order valence-corrected chi connectivity index (χ1v) is 6.87. The number of sulfone groups is 1. The topological polar surface area (TPSA) is 34.1 Å². The minimum atomic E-state index is -3.37. The average molecular weight is 283 g/mol. The molecule has 0 atom stereocenters. The summed E-state index contributed by atoms with van der Waals surface area (Å²) in [6.45, 7) is 3.87. The standard InChI is InChI=1S/C14H14O2S.ClH/c1-11-3-7-13(8-4-11)17(15,16)14-9-5-12(2)6-10-14;/h3-10H,1-2H3;1H.